The molecule has 0 radical (unpaired) electrons. The SMILES string of the molecule is CC1CCC(C(N)=O)CN1C(=O)C1CNC1.Cl. The van der Waals surface area contributed by atoms with Crippen LogP contribution < -0.4 is 11.1 Å². The Morgan fingerprint density at radius 3 is 2.35 bits per heavy atom. The van der Waals surface area contributed by atoms with Gasteiger partial charge in [-0.15, -0.1) is 12.4 Å². The Morgan fingerprint density at radius 1 is 1.24 bits per heavy atom. The average Bonchev–Trinajstić information content (AvgIpc) is 2.15. The van der Waals surface area contributed by atoms with Gasteiger partial charge in [-0.2, -0.15) is 0 Å². The number of halogens is 1. The van der Waals surface area contributed by atoms with Crippen molar-refractivity contribution in [1.29, 1.82) is 0 Å². The van der Waals surface area contributed by atoms with E-state index >= 15 is 0 Å². The van der Waals surface area contributed by atoms with Gasteiger partial charge < -0.3 is 16.0 Å². The van der Waals surface area contributed by atoms with E-state index in [1.165, 1.54) is 0 Å². The number of likely N-dealkylation sites (tertiary alicyclic amines) is 1. The molecule has 0 aromatic rings. The minimum atomic E-state index is -0.281. The zero-order chi connectivity index (χ0) is 11.7. The molecule has 0 aromatic carbocycles. The van der Waals surface area contributed by atoms with Crippen LogP contribution in [0.3, 0.4) is 0 Å². The number of hydrogen-bond acceptors (Lipinski definition) is 3. The van der Waals surface area contributed by atoms with Gasteiger partial charge >= 0.3 is 0 Å². The molecule has 0 spiro atoms. The van der Waals surface area contributed by atoms with Gasteiger partial charge in [-0.05, 0) is 19.8 Å². The highest BCUT2D eigenvalue weighted by Crippen LogP contribution is 2.24. The molecule has 0 bridgehead atoms. The van der Waals surface area contributed by atoms with E-state index < -0.39 is 0 Å². The van der Waals surface area contributed by atoms with Crippen LogP contribution in [0.4, 0.5) is 0 Å². The van der Waals surface area contributed by atoms with E-state index in [-0.39, 0.29) is 42.1 Å². The fraction of sp³-hybridized carbons (Fsp3) is 0.818. The molecular formula is C11H20ClN3O2. The molecule has 2 unspecified atom stereocenters. The van der Waals surface area contributed by atoms with E-state index in [1.807, 2.05) is 11.8 Å². The van der Waals surface area contributed by atoms with Crippen LogP contribution in [0.2, 0.25) is 0 Å². The summed E-state index contributed by atoms with van der Waals surface area (Å²) in [6.45, 7) is 4.08. The summed E-state index contributed by atoms with van der Waals surface area (Å²) in [5.74, 6) is -0.157. The predicted octanol–water partition coefficient (Wildman–Crippen LogP) is -0.260. The van der Waals surface area contributed by atoms with Gasteiger partial charge in [0.25, 0.3) is 0 Å². The maximum atomic E-state index is 12.1. The summed E-state index contributed by atoms with van der Waals surface area (Å²) in [5, 5.41) is 3.09. The minimum absolute atomic E-state index is 0. The van der Waals surface area contributed by atoms with Crippen molar-refractivity contribution in [3.63, 3.8) is 0 Å². The molecule has 2 atom stereocenters. The van der Waals surface area contributed by atoms with Crippen molar-refractivity contribution in [2.24, 2.45) is 17.6 Å². The standard InChI is InChI=1S/C11H19N3O2.ClH/c1-7-2-3-8(10(12)15)6-14(7)11(16)9-4-13-5-9;/h7-9,13H,2-6H2,1H3,(H2,12,15);1H. The quantitative estimate of drug-likeness (QED) is 0.719. The Kier molecular flexibility index (Phi) is 4.77. The Bertz CT molecular complexity index is 307. The first kappa shape index (κ1) is 14.3. The summed E-state index contributed by atoms with van der Waals surface area (Å²) in [4.78, 5) is 25.1. The van der Waals surface area contributed by atoms with E-state index in [4.69, 9.17) is 5.73 Å². The van der Waals surface area contributed by atoms with Crippen molar-refractivity contribution in [3.8, 4) is 0 Å². The number of piperidine rings is 1. The van der Waals surface area contributed by atoms with Crippen LogP contribution in [0.15, 0.2) is 0 Å². The lowest BCUT2D eigenvalue weighted by Crippen LogP contribution is -2.57. The molecule has 5 nitrogen and oxygen atoms in total. The lowest BCUT2D eigenvalue weighted by Gasteiger charge is -2.40. The maximum Gasteiger partial charge on any atom is 0.228 e. The molecule has 2 aliphatic heterocycles. The largest absolute Gasteiger partial charge is 0.369 e. The third kappa shape index (κ3) is 2.90. The fourth-order valence-electron chi connectivity index (χ4n) is 2.34. The van der Waals surface area contributed by atoms with Gasteiger partial charge in [0, 0.05) is 25.7 Å². The van der Waals surface area contributed by atoms with Crippen molar-refractivity contribution in [3.05, 3.63) is 0 Å². The molecule has 98 valence electrons. The highest BCUT2D eigenvalue weighted by molar-refractivity contribution is 5.85. The molecule has 0 aliphatic carbocycles. The molecule has 0 saturated carbocycles. The third-order valence-corrected chi connectivity index (χ3v) is 3.70. The normalized spacial score (nSPS) is 29.1. The van der Waals surface area contributed by atoms with Crippen LogP contribution in [-0.4, -0.2) is 42.4 Å². The van der Waals surface area contributed by atoms with Crippen LogP contribution in [0.5, 0.6) is 0 Å². The van der Waals surface area contributed by atoms with Crippen molar-refractivity contribution >= 4 is 24.2 Å². The van der Waals surface area contributed by atoms with E-state index in [2.05, 4.69) is 5.32 Å². The first-order valence-corrected chi connectivity index (χ1v) is 5.90. The zero-order valence-electron chi connectivity index (χ0n) is 10.0. The van der Waals surface area contributed by atoms with Gasteiger partial charge in [-0.3, -0.25) is 9.59 Å². The molecule has 2 fully saturated rings. The number of nitrogens with two attached hydrogens (primary N) is 1. The number of hydrogen-bond donors (Lipinski definition) is 2. The Morgan fingerprint density at radius 2 is 1.88 bits per heavy atom. The second-order valence-electron chi connectivity index (χ2n) is 4.87. The summed E-state index contributed by atoms with van der Waals surface area (Å²) in [7, 11) is 0. The van der Waals surface area contributed by atoms with Crippen LogP contribution in [0, 0.1) is 11.8 Å². The van der Waals surface area contributed by atoms with Gasteiger partial charge in [0.2, 0.25) is 11.8 Å². The number of nitrogens with zero attached hydrogens (tertiary/aromatic N) is 1. The monoisotopic (exact) mass is 261 g/mol. The van der Waals surface area contributed by atoms with Crippen LogP contribution >= 0.6 is 12.4 Å². The predicted molar refractivity (Wildman–Crippen MR) is 66.7 cm³/mol. The van der Waals surface area contributed by atoms with E-state index in [1.54, 1.807) is 0 Å². The summed E-state index contributed by atoms with van der Waals surface area (Å²) in [5.41, 5.74) is 5.31. The van der Waals surface area contributed by atoms with Gasteiger partial charge in [0.15, 0.2) is 0 Å². The molecule has 0 aromatic heterocycles. The summed E-state index contributed by atoms with van der Waals surface area (Å²) >= 11 is 0. The molecule has 2 amide bonds. The van der Waals surface area contributed by atoms with E-state index in [0.717, 1.165) is 25.9 Å². The number of carbonyl (C=O) groups excluding carboxylic acids is 2. The van der Waals surface area contributed by atoms with E-state index in [0.29, 0.717) is 6.54 Å². The Balaban J connectivity index is 0.00000144. The smallest absolute Gasteiger partial charge is 0.228 e. The third-order valence-electron chi connectivity index (χ3n) is 3.70. The summed E-state index contributed by atoms with van der Waals surface area (Å²) in [6.07, 6.45) is 1.68. The van der Waals surface area contributed by atoms with Gasteiger partial charge in [0.1, 0.15) is 0 Å². The average molecular weight is 262 g/mol. The minimum Gasteiger partial charge on any atom is -0.369 e. The van der Waals surface area contributed by atoms with Gasteiger partial charge in [0.05, 0.1) is 11.8 Å². The van der Waals surface area contributed by atoms with Crippen molar-refractivity contribution in [2.45, 2.75) is 25.8 Å². The second kappa shape index (κ2) is 5.69. The number of nitrogens with one attached hydrogen (secondary N) is 1. The molecule has 2 heterocycles. The van der Waals surface area contributed by atoms with Crippen LogP contribution in [0.1, 0.15) is 19.8 Å². The second-order valence-corrected chi connectivity index (χ2v) is 4.87. The lowest BCUT2D eigenvalue weighted by atomic mass is 9.90. The summed E-state index contributed by atoms with van der Waals surface area (Å²) < 4.78 is 0. The van der Waals surface area contributed by atoms with Crippen molar-refractivity contribution in [1.82, 2.24) is 10.2 Å². The maximum absolute atomic E-state index is 12.1. The van der Waals surface area contributed by atoms with Crippen LogP contribution in [0.25, 0.3) is 0 Å². The molecule has 17 heavy (non-hydrogen) atoms. The van der Waals surface area contributed by atoms with Gasteiger partial charge in [-0.1, -0.05) is 0 Å². The Labute approximate surface area is 108 Å². The first-order chi connectivity index (χ1) is 7.59. The number of primary amides is 1. The first-order valence-electron chi connectivity index (χ1n) is 5.90. The molecular weight excluding hydrogens is 242 g/mol. The zero-order valence-corrected chi connectivity index (χ0v) is 10.8. The fourth-order valence-corrected chi connectivity index (χ4v) is 2.34. The molecule has 2 aliphatic rings. The van der Waals surface area contributed by atoms with Crippen molar-refractivity contribution < 1.29 is 9.59 Å². The highest BCUT2D eigenvalue weighted by atomic mass is 35.5. The number of carbonyl (C=O) groups is 2. The molecule has 2 saturated heterocycles. The molecule has 3 N–H and O–H groups in total. The highest BCUT2D eigenvalue weighted by Gasteiger charge is 2.36. The molecule has 2 rings (SSSR count). The lowest BCUT2D eigenvalue weighted by molar-refractivity contribution is -0.143. The molecule has 6 heteroatoms. The van der Waals surface area contributed by atoms with Gasteiger partial charge in [-0.25, -0.2) is 0 Å². The summed E-state index contributed by atoms with van der Waals surface area (Å²) in [6, 6.07) is 0.240. The number of amides is 2. The Hall–Kier alpha value is -0.810. The van der Waals surface area contributed by atoms with Crippen LogP contribution in [-0.2, 0) is 9.59 Å². The van der Waals surface area contributed by atoms with E-state index in [9.17, 15) is 9.59 Å². The van der Waals surface area contributed by atoms with Crippen molar-refractivity contribution in [2.75, 3.05) is 19.6 Å². The number of rotatable bonds is 2. The topological polar surface area (TPSA) is 75.4 Å².